The lowest BCUT2D eigenvalue weighted by atomic mass is 10.1. The van der Waals surface area contributed by atoms with Gasteiger partial charge < -0.3 is 15.5 Å². The van der Waals surface area contributed by atoms with E-state index < -0.39 is 0 Å². The van der Waals surface area contributed by atoms with Crippen molar-refractivity contribution in [3.63, 3.8) is 0 Å². The molecule has 3 aromatic rings. The summed E-state index contributed by atoms with van der Waals surface area (Å²) in [6.07, 6.45) is 1.57. The molecule has 0 bridgehead atoms. The lowest BCUT2D eigenvalue weighted by molar-refractivity contribution is 0.102. The molecule has 0 aliphatic carbocycles. The Morgan fingerprint density at radius 3 is 2.46 bits per heavy atom. The molecular weight excluding hydrogens is 350 g/mol. The molecule has 2 N–H and O–H groups in total. The van der Waals surface area contributed by atoms with Crippen molar-refractivity contribution in [1.82, 2.24) is 9.97 Å². The maximum Gasteiger partial charge on any atom is 0.274 e. The monoisotopic (exact) mass is 375 g/mol. The van der Waals surface area contributed by atoms with Gasteiger partial charge in [-0.1, -0.05) is 18.2 Å². The molecule has 1 aromatic heterocycles. The molecule has 144 valence electrons. The molecule has 28 heavy (non-hydrogen) atoms. The van der Waals surface area contributed by atoms with Gasteiger partial charge >= 0.3 is 0 Å². The second-order valence-corrected chi connectivity index (χ2v) is 6.38. The summed E-state index contributed by atoms with van der Waals surface area (Å²) in [5.74, 6) is 0.115. The van der Waals surface area contributed by atoms with Crippen molar-refractivity contribution >= 4 is 28.9 Å². The molecule has 0 aliphatic rings. The number of hydrogen-bond donors (Lipinski definition) is 2. The third kappa shape index (κ3) is 4.65. The Hall–Kier alpha value is -3.41. The molecule has 3 rings (SSSR count). The number of carbonyl (C=O) groups is 1. The molecule has 1 amide bonds. The second kappa shape index (κ2) is 8.99. The standard InChI is InChI=1S/C22H25N5O/c1-4-27(5-2)18-11-12-19(16(3)15-18)25-21(28)20-13-14-23-22(26-20)24-17-9-7-6-8-10-17/h6-15H,4-5H2,1-3H3,(H,25,28)(H,23,24,26). The Kier molecular flexibility index (Phi) is 6.22. The van der Waals surface area contributed by atoms with E-state index in [1.165, 1.54) is 0 Å². The van der Waals surface area contributed by atoms with Crippen LogP contribution in [0.2, 0.25) is 0 Å². The maximum absolute atomic E-state index is 12.7. The zero-order chi connectivity index (χ0) is 19.9. The van der Waals surface area contributed by atoms with Gasteiger partial charge in [-0.3, -0.25) is 4.79 Å². The number of carbonyl (C=O) groups excluding carboxylic acids is 1. The van der Waals surface area contributed by atoms with E-state index >= 15 is 0 Å². The number of rotatable bonds is 7. The summed E-state index contributed by atoms with van der Waals surface area (Å²) in [6, 6.07) is 17.3. The Morgan fingerprint density at radius 1 is 1.04 bits per heavy atom. The Balaban J connectivity index is 1.73. The third-order valence-corrected chi connectivity index (χ3v) is 4.50. The van der Waals surface area contributed by atoms with Crippen molar-refractivity contribution < 1.29 is 4.79 Å². The number of nitrogens with zero attached hydrogens (tertiary/aromatic N) is 3. The molecular formula is C22H25N5O. The van der Waals surface area contributed by atoms with Gasteiger partial charge in [0.15, 0.2) is 0 Å². The van der Waals surface area contributed by atoms with Crippen LogP contribution in [0.4, 0.5) is 23.0 Å². The first-order valence-corrected chi connectivity index (χ1v) is 9.42. The molecule has 0 saturated carbocycles. The summed E-state index contributed by atoms with van der Waals surface area (Å²) in [5, 5.41) is 6.04. The highest BCUT2D eigenvalue weighted by Crippen LogP contribution is 2.23. The second-order valence-electron chi connectivity index (χ2n) is 6.38. The summed E-state index contributed by atoms with van der Waals surface area (Å²) in [4.78, 5) is 23.4. The van der Waals surface area contributed by atoms with Crippen LogP contribution in [0.1, 0.15) is 29.9 Å². The van der Waals surface area contributed by atoms with E-state index in [4.69, 9.17) is 0 Å². The number of aryl methyl sites for hydroxylation is 1. The van der Waals surface area contributed by atoms with Gasteiger partial charge in [0, 0.05) is 36.3 Å². The van der Waals surface area contributed by atoms with Crippen molar-refractivity contribution in [3.8, 4) is 0 Å². The predicted molar refractivity (Wildman–Crippen MR) is 114 cm³/mol. The van der Waals surface area contributed by atoms with Gasteiger partial charge in [0.2, 0.25) is 5.95 Å². The van der Waals surface area contributed by atoms with E-state index in [0.717, 1.165) is 35.7 Å². The minimum atomic E-state index is -0.266. The quantitative estimate of drug-likeness (QED) is 0.630. The molecule has 0 radical (unpaired) electrons. The smallest absolute Gasteiger partial charge is 0.274 e. The lowest BCUT2D eigenvalue weighted by Gasteiger charge is -2.22. The number of anilines is 4. The van der Waals surface area contributed by atoms with Gasteiger partial charge in [-0.05, 0) is 62.7 Å². The summed E-state index contributed by atoms with van der Waals surface area (Å²) < 4.78 is 0. The first-order valence-electron chi connectivity index (χ1n) is 9.42. The number of aromatic nitrogens is 2. The van der Waals surface area contributed by atoms with Gasteiger partial charge in [-0.25, -0.2) is 9.97 Å². The van der Waals surface area contributed by atoms with Crippen molar-refractivity contribution in [3.05, 3.63) is 72.1 Å². The van der Waals surface area contributed by atoms with Crippen LogP contribution >= 0.6 is 0 Å². The number of benzene rings is 2. The SMILES string of the molecule is CCN(CC)c1ccc(NC(=O)c2ccnc(Nc3ccccc3)n2)c(C)c1. The van der Waals surface area contributed by atoms with Gasteiger partial charge in [0.1, 0.15) is 5.69 Å². The van der Waals surface area contributed by atoms with Crippen molar-refractivity contribution in [2.24, 2.45) is 0 Å². The number of para-hydroxylation sites is 1. The zero-order valence-corrected chi connectivity index (χ0v) is 16.4. The molecule has 0 fully saturated rings. The summed E-state index contributed by atoms with van der Waals surface area (Å²) in [7, 11) is 0. The molecule has 0 aliphatic heterocycles. The average molecular weight is 375 g/mol. The van der Waals surface area contributed by atoms with E-state index in [1.807, 2.05) is 49.4 Å². The molecule has 6 heteroatoms. The Labute approximate surface area is 165 Å². The topological polar surface area (TPSA) is 70.2 Å². The van der Waals surface area contributed by atoms with Crippen LogP contribution in [0.3, 0.4) is 0 Å². The third-order valence-electron chi connectivity index (χ3n) is 4.50. The largest absolute Gasteiger partial charge is 0.372 e. The van der Waals surface area contributed by atoms with Crippen LogP contribution in [0.15, 0.2) is 60.8 Å². The fourth-order valence-corrected chi connectivity index (χ4v) is 2.96. The van der Waals surface area contributed by atoms with Gasteiger partial charge in [0.05, 0.1) is 0 Å². The lowest BCUT2D eigenvalue weighted by Crippen LogP contribution is -2.22. The van der Waals surface area contributed by atoms with Crippen LogP contribution < -0.4 is 15.5 Å². The van der Waals surface area contributed by atoms with Crippen LogP contribution in [0.5, 0.6) is 0 Å². The molecule has 6 nitrogen and oxygen atoms in total. The van der Waals surface area contributed by atoms with Crippen molar-refractivity contribution in [2.75, 3.05) is 28.6 Å². The van der Waals surface area contributed by atoms with Gasteiger partial charge in [-0.15, -0.1) is 0 Å². The summed E-state index contributed by atoms with van der Waals surface area (Å²) in [5.41, 5.74) is 4.10. The minimum Gasteiger partial charge on any atom is -0.372 e. The van der Waals surface area contributed by atoms with Crippen LogP contribution in [0, 0.1) is 6.92 Å². The normalized spacial score (nSPS) is 10.4. The number of amides is 1. The maximum atomic E-state index is 12.7. The van der Waals surface area contributed by atoms with E-state index in [-0.39, 0.29) is 5.91 Å². The predicted octanol–water partition coefficient (Wildman–Crippen LogP) is 4.63. The van der Waals surface area contributed by atoms with E-state index in [9.17, 15) is 4.79 Å². The average Bonchev–Trinajstić information content (AvgIpc) is 2.72. The fourth-order valence-electron chi connectivity index (χ4n) is 2.96. The van der Waals surface area contributed by atoms with Gasteiger partial charge in [0.25, 0.3) is 5.91 Å². The minimum absolute atomic E-state index is 0.266. The Bertz CT molecular complexity index is 939. The van der Waals surface area contributed by atoms with Crippen molar-refractivity contribution in [1.29, 1.82) is 0 Å². The summed E-state index contributed by atoms with van der Waals surface area (Å²) in [6.45, 7) is 8.14. The first-order chi connectivity index (χ1) is 13.6. The highest BCUT2D eigenvalue weighted by molar-refractivity contribution is 6.03. The molecule has 1 heterocycles. The highest BCUT2D eigenvalue weighted by Gasteiger charge is 2.12. The van der Waals surface area contributed by atoms with E-state index in [1.54, 1.807) is 12.3 Å². The van der Waals surface area contributed by atoms with Crippen LogP contribution in [0.25, 0.3) is 0 Å². The van der Waals surface area contributed by atoms with Gasteiger partial charge in [-0.2, -0.15) is 0 Å². The number of nitrogens with one attached hydrogen (secondary N) is 2. The molecule has 0 unspecified atom stereocenters. The molecule has 2 aromatic carbocycles. The Morgan fingerprint density at radius 2 is 1.79 bits per heavy atom. The highest BCUT2D eigenvalue weighted by atomic mass is 16.1. The van der Waals surface area contributed by atoms with E-state index in [2.05, 4.69) is 45.4 Å². The van der Waals surface area contributed by atoms with Crippen LogP contribution in [-0.4, -0.2) is 29.0 Å². The summed E-state index contributed by atoms with van der Waals surface area (Å²) >= 11 is 0. The molecule has 0 spiro atoms. The van der Waals surface area contributed by atoms with Crippen LogP contribution in [-0.2, 0) is 0 Å². The number of hydrogen-bond acceptors (Lipinski definition) is 5. The zero-order valence-electron chi connectivity index (χ0n) is 16.4. The molecule has 0 atom stereocenters. The molecule has 0 saturated heterocycles. The van der Waals surface area contributed by atoms with E-state index in [0.29, 0.717) is 11.6 Å². The van der Waals surface area contributed by atoms with Crippen molar-refractivity contribution in [2.45, 2.75) is 20.8 Å². The first kappa shape index (κ1) is 19.4. The fraction of sp³-hybridized carbons (Fsp3) is 0.227.